The fourth-order valence-electron chi connectivity index (χ4n) is 2.92. The second-order valence-corrected chi connectivity index (χ2v) is 6.87. The number of carbonyl (C=O) groups is 1. The van der Waals surface area contributed by atoms with Crippen molar-refractivity contribution in [2.75, 3.05) is 5.32 Å². The minimum atomic E-state index is -0.154. The van der Waals surface area contributed by atoms with Crippen LogP contribution in [0.25, 0.3) is 10.9 Å². The number of para-hydroxylation sites is 1. The van der Waals surface area contributed by atoms with Gasteiger partial charge in [-0.15, -0.1) is 0 Å². The third kappa shape index (κ3) is 5.31. The number of aromatic amines is 1. The maximum Gasteiger partial charge on any atom is 0.242 e. The molecule has 0 saturated heterocycles. The molecule has 4 N–H and O–H groups in total. The highest BCUT2D eigenvalue weighted by atomic mass is 32.1. The summed E-state index contributed by atoms with van der Waals surface area (Å²) in [5, 5.41) is 4.47. The third-order valence-corrected chi connectivity index (χ3v) is 4.58. The van der Waals surface area contributed by atoms with Gasteiger partial charge >= 0.3 is 0 Å². The maximum absolute atomic E-state index is 12.2. The predicted octanol–water partition coefficient (Wildman–Crippen LogP) is 4.07. The summed E-state index contributed by atoms with van der Waals surface area (Å²) in [6.07, 6.45) is 5.59. The first kappa shape index (κ1) is 18.9. The number of thiocarbonyl (C=S) groups is 1. The van der Waals surface area contributed by atoms with Gasteiger partial charge < -0.3 is 10.3 Å². The average molecular weight is 381 g/mol. The largest absolute Gasteiger partial charge is 0.361 e. The molecule has 0 aliphatic rings. The summed E-state index contributed by atoms with van der Waals surface area (Å²) in [7, 11) is 0. The van der Waals surface area contributed by atoms with Gasteiger partial charge in [0.05, 0.1) is 6.42 Å². The smallest absolute Gasteiger partial charge is 0.242 e. The van der Waals surface area contributed by atoms with Gasteiger partial charge in [0, 0.05) is 22.8 Å². The van der Waals surface area contributed by atoms with Crippen molar-refractivity contribution in [1.29, 1.82) is 0 Å². The molecule has 0 bridgehead atoms. The van der Waals surface area contributed by atoms with Crippen molar-refractivity contribution in [2.24, 2.45) is 0 Å². The number of H-pyrrole nitrogens is 1. The number of amides is 1. The molecule has 0 fully saturated rings. The molecule has 0 saturated carbocycles. The van der Waals surface area contributed by atoms with Crippen molar-refractivity contribution in [1.82, 2.24) is 15.8 Å². The zero-order valence-electron chi connectivity index (χ0n) is 15.3. The van der Waals surface area contributed by atoms with Crippen LogP contribution in [0.2, 0.25) is 0 Å². The zero-order valence-corrected chi connectivity index (χ0v) is 16.2. The van der Waals surface area contributed by atoms with Crippen LogP contribution in [0, 0.1) is 0 Å². The van der Waals surface area contributed by atoms with Crippen LogP contribution in [0.3, 0.4) is 0 Å². The Morgan fingerprint density at radius 2 is 1.85 bits per heavy atom. The maximum atomic E-state index is 12.2. The summed E-state index contributed by atoms with van der Waals surface area (Å²) >= 11 is 5.24. The first-order valence-electron chi connectivity index (χ1n) is 9.15. The van der Waals surface area contributed by atoms with Gasteiger partial charge in [-0.2, -0.15) is 0 Å². The Morgan fingerprint density at radius 1 is 1.07 bits per heavy atom. The second kappa shape index (κ2) is 9.19. The van der Waals surface area contributed by atoms with Crippen LogP contribution < -0.4 is 16.2 Å². The van der Waals surface area contributed by atoms with E-state index in [2.05, 4.69) is 40.2 Å². The molecule has 0 aliphatic carbocycles. The minimum absolute atomic E-state index is 0.154. The lowest BCUT2D eigenvalue weighted by molar-refractivity contribution is -0.120. The van der Waals surface area contributed by atoms with Crippen LogP contribution in [0.1, 0.15) is 30.9 Å². The van der Waals surface area contributed by atoms with E-state index in [-0.39, 0.29) is 12.3 Å². The van der Waals surface area contributed by atoms with Gasteiger partial charge in [-0.1, -0.05) is 43.7 Å². The van der Waals surface area contributed by atoms with E-state index in [1.54, 1.807) is 0 Å². The van der Waals surface area contributed by atoms with Gasteiger partial charge in [-0.25, -0.2) is 0 Å². The molecular formula is C21H24N4OS. The highest BCUT2D eigenvalue weighted by Crippen LogP contribution is 2.17. The fourth-order valence-corrected chi connectivity index (χ4v) is 3.09. The molecule has 2 aromatic carbocycles. The van der Waals surface area contributed by atoms with Crippen molar-refractivity contribution < 1.29 is 4.79 Å². The first-order chi connectivity index (χ1) is 13.2. The molecule has 0 aliphatic heterocycles. The Bertz CT molecular complexity index is 917. The molecule has 140 valence electrons. The molecule has 27 heavy (non-hydrogen) atoms. The van der Waals surface area contributed by atoms with E-state index >= 15 is 0 Å². The molecule has 1 heterocycles. The van der Waals surface area contributed by atoms with Gasteiger partial charge in [-0.05, 0) is 54.4 Å². The molecule has 6 heteroatoms. The molecule has 0 atom stereocenters. The zero-order chi connectivity index (χ0) is 19.1. The SMILES string of the molecule is CCCCc1ccc(NC(=S)NNC(=O)Cc2c[nH]c3ccccc23)cc1. The van der Waals surface area contributed by atoms with Crippen molar-refractivity contribution in [3.8, 4) is 0 Å². The Morgan fingerprint density at radius 3 is 2.63 bits per heavy atom. The second-order valence-electron chi connectivity index (χ2n) is 6.46. The average Bonchev–Trinajstić information content (AvgIpc) is 3.09. The van der Waals surface area contributed by atoms with Crippen molar-refractivity contribution >= 4 is 39.8 Å². The topological polar surface area (TPSA) is 68.9 Å². The molecule has 0 radical (unpaired) electrons. The van der Waals surface area contributed by atoms with Crippen LogP contribution in [0.15, 0.2) is 54.7 Å². The molecule has 1 aromatic heterocycles. The summed E-state index contributed by atoms with van der Waals surface area (Å²) < 4.78 is 0. The lowest BCUT2D eigenvalue weighted by Gasteiger charge is -2.12. The molecule has 5 nitrogen and oxygen atoms in total. The normalized spacial score (nSPS) is 10.6. The number of hydrogen-bond donors (Lipinski definition) is 4. The highest BCUT2D eigenvalue weighted by molar-refractivity contribution is 7.80. The number of hydrogen-bond acceptors (Lipinski definition) is 2. The lowest BCUT2D eigenvalue weighted by atomic mass is 10.1. The third-order valence-electron chi connectivity index (χ3n) is 4.37. The number of unbranched alkanes of at least 4 members (excludes halogenated alkanes) is 1. The molecule has 0 spiro atoms. The molecular weight excluding hydrogens is 356 g/mol. The highest BCUT2D eigenvalue weighted by Gasteiger charge is 2.08. The molecule has 3 aromatic rings. The number of anilines is 1. The van der Waals surface area contributed by atoms with Crippen molar-refractivity contribution in [3.05, 3.63) is 65.9 Å². The lowest BCUT2D eigenvalue weighted by Crippen LogP contribution is -2.44. The van der Waals surface area contributed by atoms with E-state index in [0.29, 0.717) is 5.11 Å². The number of aryl methyl sites for hydroxylation is 1. The summed E-state index contributed by atoms with van der Waals surface area (Å²) in [6.45, 7) is 2.19. The standard InChI is InChI=1S/C21H24N4OS/c1-2-3-6-15-9-11-17(12-10-15)23-21(27)25-24-20(26)13-16-14-22-19-8-5-4-7-18(16)19/h4-5,7-12,14,22H,2-3,6,13H2,1H3,(H,24,26)(H2,23,25,27). The van der Waals surface area contributed by atoms with Crippen LogP contribution >= 0.6 is 12.2 Å². The van der Waals surface area contributed by atoms with E-state index in [1.807, 2.05) is 42.6 Å². The molecule has 1 amide bonds. The minimum Gasteiger partial charge on any atom is -0.361 e. The summed E-state index contributed by atoms with van der Waals surface area (Å²) in [5.41, 5.74) is 9.56. The van der Waals surface area contributed by atoms with Crippen LogP contribution in [0.5, 0.6) is 0 Å². The number of aromatic nitrogens is 1. The number of benzene rings is 2. The number of fused-ring (bicyclic) bond motifs is 1. The van der Waals surface area contributed by atoms with E-state index in [1.165, 1.54) is 18.4 Å². The number of hydrazine groups is 1. The van der Waals surface area contributed by atoms with Crippen molar-refractivity contribution in [2.45, 2.75) is 32.6 Å². The first-order valence-corrected chi connectivity index (χ1v) is 9.56. The van der Waals surface area contributed by atoms with Crippen LogP contribution in [-0.2, 0) is 17.6 Å². The van der Waals surface area contributed by atoms with Gasteiger partial charge in [0.1, 0.15) is 0 Å². The van der Waals surface area contributed by atoms with E-state index < -0.39 is 0 Å². The van der Waals surface area contributed by atoms with Gasteiger partial charge in [0.15, 0.2) is 5.11 Å². The van der Waals surface area contributed by atoms with E-state index in [0.717, 1.165) is 28.6 Å². The van der Waals surface area contributed by atoms with E-state index in [9.17, 15) is 4.79 Å². The molecule has 0 unspecified atom stereocenters. The summed E-state index contributed by atoms with van der Waals surface area (Å²) in [5.74, 6) is -0.154. The monoisotopic (exact) mass is 380 g/mol. The fraction of sp³-hybridized carbons (Fsp3) is 0.238. The summed E-state index contributed by atoms with van der Waals surface area (Å²) in [4.78, 5) is 15.4. The van der Waals surface area contributed by atoms with Gasteiger partial charge in [0.2, 0.25) is 5.91 Å². The Labute approximate surface area is 164 Å². The van der Waals surface area contributed by atoms with Crippen LogP contribution in [-0.4, -0.2) is 16.0 Å². The van der Waals surface area contributed by atoms with Gasteiger partial charge in [-0.3, -0.25) is 15.6 Å². The Kier molecular flexibility index (Phi) is 6.44. The van der Waals surface area contributed by atoms with E-state index in [4.69, 9.17) is 12.2 Å². The Balaban J connectivity index is 1.46. The van der Waals surface area contributed by atoms with Crippen molar-refractivity contribution in [3.63, 3.8) is 0 Å². The Hall–Kier alpha value is -2.86. The number of nitrogens with one attached hydrogen (secondary N) is 4. The predicted molar refractivity (Wildman–Crippen MR) is 115 cm³/mol. The van der Waals surface area contributed by atoms with Gasteiger partial charge in [0.25, 0.3) is 0 Å². The number of carbonyl (C=O) groups excluding carboxylic acids is 1. The summed E-state index contributed by atoms with van der Waals surface area (Å²) in [6, 6.07) is 16.1. The molecule has 3 rings (SSSR count). The number of rotatable bonds is 6. The quantitative estimate of drug-likeness (QED) is 0.384. The van der Waals surface area contributed by atoms with Crippen LogP contribution in [0.4, 0.5) is 5.69 Å².